The van der Waals surface area contributed by atoms with E-state index in [1.165, 1.54) is 6.33 Å². The van der Waals surface area contributed by atoms with Gasteiger partial charge < -0.3 is 15.8 Å². The predicted molar refractivity (Wildman–Crippen MR) is 72.2 cm³/mol. The highest BCUT2D eigenvalue weighted by Gasteiger charge is 2.12. The molecule has 96 valence electrons. The summed E-state index contributed by atoms with van der Waals surface area (Å²) in [7, 11) is 1.54. The lowest BCUT2D eigenvalue weighted by Gasteiger charge is -2.13. The van der Waals surface area contributed by atoms with Crippen molar-refractivity contribution < 1.29 is 4.74 Å². The highest BCUT2D eigenvalue weighted by Crippen LogP contribution is 2.31. The summed E-state index contributed by atoms with van der Waals surface area (Å²) < 4.78 is 5.24. The maximum absolute atomic E-state index is 9.14. The molecule has 0 saturated carbocycles. The summed E-state index contributed by atoms with van der Waals surface area (Å²) in [5.74, 6) is 1.51. The van der Waals surface area contributed by atoms with E-state index in [4.69, 9.17) is 15.7 Å². The highest BCUT2D eigenvalue weighted by atomic mass is 16.5. The maximum atomic E-state index is 9.14. The number of hydrogen-bond acceptors (Lipinski definition) is 6. The number of nitrogens with one attached hydrogen (secondary N) is 1. The van der Waals surface area contributed by atoms with Crippen LogP contribution in [0.3, 0.4) is 0 Å². The standard InChI is InChI=1S/C13H13N5O/c1-8-12(15)16-7-17-13(8)18-11-9(6-14)4-3-5-10(11)19-2/h3-5,7H,1-2H3,(H3,15,16,17,18). The van der Waals surface area contributed by atoms with Crippen molar-refractivity contribution in [2.75, 3.05) is 18.2 Å². The Balaban J connectivity index is 2.49. The molecule has 0 aliphatic carbocycles. The normalized spacial score (nSPS) is 9.74. The third-order valence-corrected chi connectivity index (χ3v) is 2.73. The van der Waals surface area contributed by atoms with Crippen molar-refractivity contribution >= 4 is 17.3 Å². The molecule has 0 atom stereocenters. The second-order valence-corrected chi connectivity index (χ2v) is 3.85. The average molecular weight is 255 g/mol. The van der Waals surface area contributed by atoms with Crippen LogP contribution in [0.4, 0.5) is 17.3 Å². The Kier molecular flexibility index (Phi) is 3.48. The second kappa shape index (κ2) is 5.23. The summed E-state index contributed by atoms with van der Waals surface area (Å²) in [5, 5.41) is 12.2. The van der Waals surface area contributed by atoms with Crippen molar-refractivity contribution in [3.63, 3.8) is 0 Å². The van der Waals surface area contributed by atoms with E-state index in [1.807, 2.05) is 0 Å². The van der Waals surface area contributed by atoms with Crippen molar-refractivity contribution in [2.24, 2.45) is 0 Å². The lowest BCUT2D eigenvalue weighted by Crippen LogP contribution is -2.04. The maximum Gasteiger partial charge on any atom is 0.143 e. The zero-order valence-electron chi connectivity index (χ0n) is 10.6. The van der Waals surface area contributed by atoms with Crippen LogP contribution < -0.4 is 15.8 Å². The third kappa shape index (κ3) is 2.40. The number of para-hydroxylation sites is 1. The lowest BCUT2D eigenvalue weighted by molar-refractivity contribution is 0.416. The Morgan fingerprint density at radius 3 is 2.84 bits per heavy atom. The summed E-state index contributed by atoms with van der Waals surface area (Å²) in [6.07, 6.45) is 1.37. The van der Waals surface area contributed by atoms with Crippen LogP contribution in [0.25, 0.3) is 0 Å². The molecular weight excluding hydrogens is 242 g/mol. The number of aromatic nitrogens is 2. The molecule has 0 amide bonds. The number of nitrogens with two attached hydrogens (primary N) is 1. The van der Waals surface area contributed by atoms with E-state index in [0.29, 0.717) is 28.6 Å². The van der Waals surface area contributed by atoms with E-state index in [9.17, 15) is 0 Å². The van der Waals surface area contributed by atoms with Gasteiger partial charge >= 0.3 is 0 Å². The van der Waals surface area contributed by atoms with Crippen molar-refractivity contribution in [1.82, 2.24) is 9.97 Å². The van der Waals surface area contributed by atoms with Crippen molar-refractivity contribution in [2.45, 2.75) is 6.92 Å². The smallest absolute Gasteiger partial charge is 0.143 e. The van der Waals surface area contributed by atoms with Gasteiger partial charge in [-0.2, -0.15) is 5.26 Å². The highest BCUT2D eigenvalue weighted by molar-refractivity contribution is 5.73. The summed E-state index contributed by atoms with van der Waals surface area (Å²) >= 11 is 0. The van der Waals surface area contributed by atoms with E-state index in [0.717, 1.165) is 5.56 Å². The Morgan fingerprint density at radius 2 is 2.16 bits per heavy atom. The number of hydrogen-bond donors (Lipinski definition) is 2. The SMILES string of the molecule is COc1cccc(C#N)c1Nc1ncnc(N)c1C. The minimum Gasteiger partial charge on any atom is -0.495 e. The number of methoxy groups -OCH3 is 1. The molecule has 0 spiro atoms. The van der Waals surface area contributed by atoms with Crippen LogP contribution in [0.2, 0.25) is 0 Å². The fraction of sp³-hybridized carbons (Fsp3) is 0.154. The molecule has 2 aromatic rings. The number of nitrogen functional groups attached to an aromatic ring is 1. The molecular formula is C13H13N5O. The van der Waals surface area contributed by atoms with Gasteiger partial charge in [-0.3, -0.25) is 0 Å². The summed E-state index contributed by atoms with van der Waals surface area (Å²) in [6.45, 7) is 1.80. The molecule has 1 aromatic carbocycles. The minimum absolute atomic E-state index is 0.394. The molecule has 0 aliphatic heterocycles. The number of benzene rings is 1. The van der Waals surface area contributed by atoms with Crippen molar-refractivity contribution in [3.8, 4) is 11.8 Å². The summed E-state index contributed by atoms with van der Waals surface area (Å²) in [6, 6.07) is 7.33. The number of rotatable bonds is 3. The van der Waals surface area contributed by atoms with Crippen LogP contribution in [0.15, 0.2) is 24.5 Å². The van der Waals surface area contributed by atoms with Gasteiger partial charge in [0.15, 0.2) is 0 Å². The van der Waals surface area contributed by atoms with Crippen molar-refractivity contribution in [3.05, 3.63) is 35.7 Å². The fourth-order valence-electron chi connectivity index (χ4n) is 1.63. The monoisotopic (exact) mass is 255 g/mol. The topological polar surface area (TPSA) is 96.8 Å². The zero-order chi connectivity index (χ0) is 13.8. The molecule has 1 aromatic heterocycles. The first-order valence-corrected chi connectivity index (χ1v) is 5.58. The van der Waals surface area contributed by atoms with Gasteiger partial charge in [-0.15, -0.1) is 0 Å². The van der Waals surface area contributed by atoms with Gasteiger partial charge in [0.2, 0.25) is 0 Å². The first kappa shape index (κ1) is 12.6. The number of nitrogens with zero attached hydrogens (tertiary/aromatic N) is 3. The first-order valence-electron chi connectivity index (χ1n) is 5.58. The molecule has 0 fully saturated rings. The average Bonchev–Trinajstić information content (AvgIpc) is 2.44. The number of anilines is 3. The van der Waals surface area contributed by atoms with E-state index in [1.54, 1.807) is 32.2 Å². The Morgan fingerprint density at radius 1 is 1.37 bits per heavy atom. The second-order valence-electron chi connectivity index (χ2n) is 3.85. The van der Waals surface area contributed by atoms with Crippen LogP contribution in [-0.4, -0.2) is 17.1 Å². The predicted octanol–water partition coefficient (Wildman–Crippen LogP) is 1.99. The summed E-state index contributed by atoms with van der Waals surface area (Å²) in [4.78, 5) is 8.01. The van der Waals surface area contributed by atoms with E-state index in [-0.39, 0.29) is 0 Å². The molecule has 0 aliphatic rings. The first-order chi connectivity index (χ1) is 9.17. The molecule has 6 nitrogen and oxygen atoms in total. The van der Waals surface area contributed by atoms with E-state index >= 15 is 0 Å². The molecule has 0 radical (unpaired) electrons. The van der Waals surface area contributed by atoms with Crippen LogP contribution in [0.1, 0.15) is 11.1 Å². The van der Waals surface area contributed by atoms with Gasteiger partial charge in [-0.25, -0.2) is 9.97 Å². The van der Waals surface area contributed by atoms with Crippen LogP contribution in [-0.2, 0) is 0 Å². The van der Waals surface area contributed by atoms with Gasteiger partial charge in [-0.1, -0.05) is 6.07 Å². The van der Waals surface area contributed by atoms with Crippen LogP contribution in [0, 0.1) is 18.3 Å². The van der Waals surface area contributed by atoms with Gasteiger partial charge in [0.05, 0.1) is 12.7 Å². The van der Waals surface area contributed by atoms with Crippen molar-refractivity contribution in [1.29, 1.82) is 5.26 Å². The number of nitriles is 1. The Hall–Kier alpha value is -2.81. The molecule has 19 heavy (non-hydrogen) atoms. The Bertz CT molecular complexity index is 648. The van der Waals surface area contributed by atoms with Gasteiger partial charge in [0.25, 0.3) is 0 Å². The van der Waals surface area contributed by atoms with Crippen LogP contribution >= 0.6 is 0 Å². The molecule has 6 heteroatoms. The fourth-order valence-corrected chi connectivity index (χ4v) is 1.63. The zero-order valence-corrected chi connectivity index (χ0v) is 10.6. The molecule has 0 bridgehead atoms. The largest absolute Gasteiger partial charge is 0.495 e. The molecule has 2 rings (SSSR count). The van der Waals surface area contributed by atoms with E-state index in [2.05, 4.69) is 21.4 Å². The lowest BCUT2D eigenvalue weighted by atomic mass is 10.1. The summed E-state index contributed by atoms with van der Waals surface area (Å²) in [5.41, 5.74) is 7.48. The quantitative estimate of drug-likeness (QED) is 0.870. The Labute approximate surface area is 110 Å². The molecule has 1 heterocycles. The number of ether oxygens (including phenoxy) is 1. The van der Waals surface area contributed by atoms with Gasteiger partial charge in [0.1, 0.15) is 35.5 Å². The molecule has 3 N–H and O–H groups in total. The third-order valence-electron chi connectivity index (χ3n) is 2.73. The van der Waals surface area contributed by atoms with Gasteiger partial charge in [0, 0.05) is 5.56 Å². The van der Waals surface area contributed by atoms with Crippen LogP contribution in [0.5, 0.6) is 5.75 Å². The minimum atomic E-state index is 0.394. The molecule has 0 unspecified atom stereocenters. The van der Waals surface area contributed by atoms with E-state index < -0.39 is 0 Å². The molecule has 0 saturated heterocycles. The van der Waals surface area contributed by atoms with Gasteiger partial charge in [-0.05, 0) is 19.1 Å².